The smallest absolute Gasteiger partial charge is 0.152 e. The summed E-state index contributed by atoms with van der Waals surface area (Å²) in [6, 6.07) is 1.28. The second-order valence-electron chi connectivity index (χ2n) is 3.80. The highest BCUT2D eigenvalue weighted by Gasteiger charge is 2.11. The molecule has 1 aromatic heterocycles. The Kier molecular flexibility index (Phi) is 3.55. The van der Waals surface area contributed by atoms with E-state index >= 15 is 0 Å². The molecule has 0 atom stereocenters. The van der Waals surface area contributed by atoms with Gasteiger partial charge in [-0.2, -0.15) is 5.10 Å². The van der Waals surface area contributed by atoms with E-state index in [0.29, 0.717) is 12.1 Å². The highest BCUT2D eigenvalue weighted by molar-refractivity contribution is 5.46. The van der Waals surface area contributed by atoms with Crippen LogP contribution in [-0.4, -0.2) is 9.78 Å². The minimum atomic E-state index is -0.949. The van der Waals surface area contributed by atoms with Crippen LogP contribution >= 0.6 is 0 Å². The molecular formula is C12H12F3N3. The minimum absolute atomic E-state index is 0.222. The molecule has 1 N–H and O–H groups in total. The van der Waals surface area contributed by atoms with E-state index in [9.17, 15) is 13.2 Å². The van der Waals surface area contributed by atoms with E-state index in [2.05, 4.69) is 10.4 Å². The first-order chi connectivity index (χ1) is 8.60. The molecule has 0 aliphatic carbocycles. The van der Waals surface area contributed by atoms with Gasteiger partial charge in [0.2, 0.25) is 0 Å². The first-order valence-corrected chi connectivity index (χ1v) is 5.50. The van der Waals surface area contributed by atoms with Gasteiger partial charge < -0.3 is 5.32 Å². The third kappa shape index (κ3) is 2.64. The summed E-state index contributed by atoms with van der Waals surface area (Å²) in [6.45, 7) is 2.88. The number of hydrogen-bond donors (Lipinski definition) is 1. The van der Waals surface area contributed by atoms with Gasteiger partial charge in [-0.05, 0) is 6.92 Å². The summed E-state index contributed by atoms with van der Waals surface area (Å²) in [5.41, 5.74) is 0.459. The Bertz CT molecular complexity index is 528. The summed E-state index contributed by atoms with van der Waals surface area (Å²) in [5, 5.41) is 6.63. The van der Waals surface area contributed by atoms with Gasteiger partial charge in [-0.3, -0.25) is 4.68 Å². The van der Waals surface area contributed by atoms with Crippen LogP contribution in [0.25, 0.3) is 0 Å². The highest BCUT2D eigenvalue weighted by atomic mass is 19.1. The predicted octanol–water partition coefficient (Wildman–Crippen LogP) is 2.93. The van der Waals surface area contributed by atoms with Crippen molar-refractivity contribution in [3.8, 4) is 0 Å². The number of benzene rings is 1. The number of rotatable bonds is 4. The summed E-state index contributed by atoms with van der Waals surface area (Å²) >= 11 is 0. The maximum atomic E-state index is 13.3. The van der Waals surface area contributed by atoms with Crippen molar-refractivity contribution in [2.75, 3.05) is 5.32 Å². The molecule has 0 aliphatic heterocycles. The topological polar surface area (TPSA) is 29.9 Å². The van der Waals surface area contributed by atoms with Crippen LogP contribution in [0.15, 0.2) is 24.5 Å². The molecule has 0 unspecified atom stereocenters. The molecule has 0 amide bonds. The number of aryl methyl sites for hydroxylation is 1. The number of anilines is 1. The zero-order valence-electron chi connectivity index (χ0n) is 9.75. The fourth-order valence-corrected chi connectivity index (χ4v) is 1.57. The van der Waals surface area contributed by atoms with Gasteiger partial charge in [-0.1, -0.05) is 0 Å². The predicted molar refractivity (Wildman–Crippen MR) is 61.5 cm³/mol. The third-order valence-electron chi connectivity index (χ3n) is 2.49. The molecule has 0 fully saturated rings. The van der Waals surface area contributed by atoms with Gasteiger partial charge in [0.25, 0.3) is 0 Å². The first kappa shape index (κ1) is 12.5. The lowest BCUT2D eigenvalue weighted by Crippen LogP contribution is -2.04. The maximum absolute atomic E-state index is 13.3. The number of halogens is 3. The van der Waals surface area contributed by atoms with E-state index in [1.54, 1.807) is 17.1 Å². The van der Waals surface area contributed by atoms with E-state index in [4.69, 9.17) is 0 Å². The Morgan fingerprint density at radius 3 is 2.44 bits per heavy atom. The molecule has 1 heterocycles. The Labute approximate surface area is 102 Å². The van der Waals surface area contributed by atoms with Crippen molar-refractivity contribution in [3.05, 3.63) is 47.5 Å². The second-order valence-corrected chi connectivity index (χ2v) is 3.80. The monoisotopic (exact) mass is 255 g/mol. The molecule has 2 rings (SSSR count). The summed E-state index contributed by atoms with van der Waals surface area (Å²) in [7, 11) is 0. The van der Waals surface area contributed by atoms with Crippen LogP contribution in [0.3, 0.4) is 0 Å². The van der Waals surface area contributed by atoms with Crippen LogP contribution in [0.2, 0.25) is 0 Å². The first-order valence-electron chi connectivity index (χ1n) is 5.50. The van der Waals surface area contributed by atoms with Crippen LogP contribution in [-0.2, 0) is 13.1 Å². The van der Waals surface area contributed by atoms with Gasteiger partial charge >= 0.3 is 0 Å². The third-order valence-corrected chi connectivity index (χ3v) is 2.49. The Hall–Kier alpha value is -1.98. The molecule has 0 bridgehead atoms. The largest absolute Gasteiger partial charge is 0.376 e. The van der Waals surface area contributed by atoms with E-state index in [0.717, 1.165) is 12.1 Å². The Morgan fingerprint density at radius 1 is 1.22 bits per heavy atom. The van der Waals surface area contributed by atoms with Crippen molar-refractivity contribution in [2.45, 2.75) is 20.0 Å². The fraction of sp³-hybridized carbons (Fsp3) is 0.250. The lowest BCUT2D eigenvalue weighted by molar-refractivity contribution is 0.547. The van der Waals surface area contributed by atoms with Crippen molar-refractivity contribution in [2.24, 2.45) is 0 Å². The average molecular weight is 255 g/mol. The van der Waals surface area contributed by atoms with Crippen molar-refractivity contribution >= 4 is 5.69 Å². The number of nitrogens with zero attached hydrogens (tertiary/aromatic N) is 2. The normalized spacial score (nSPS) is 10.7. The van der Waals surface area contributed by atoms with Crippen molar-refractivity contribution in [1.82, 2.24) is 9.78 Å². The van der Waals surface area contributed by atoms with Crippen LogP contribution in [0, 0.1) is 17.5 Å². The molecule has 3 nitrogen and oxygen atoms in total. The second kappa shape index (κ2) is 5.12. The van der Waals surface area contributed by atoms with Gasteiger partial charge in [0.15, 0.2) is 11.6 Å². The van der Waals surface area contributed by atoms with Gasteiger partial charge in [0.1, 0.15) is 11.5 Å². The minimum Gasteiger partial charge on any atom is -0.376 e. The average Bonchev–Trinajstić information content (AvgIpc) is 2.75. The summed E-state index contributed by atoms with van der Waals surface area (Å²) in [4.78, 5) is 0. The van der Waals surface area contributed by atoms with Gasteiger partial charge in [-0.15, -0.1) is 0 Å². The molecule has 0 saturated carbocycles. The molecule has 0 aliphatic rings. The summed E-state index contributed by atoms with van der Waals surface area (Å²) < 4.78 is 41.0. The molecule has 1 aromatic carbocycles. The number of hydrogen-bond acceptors (Lipinski definition) is 2. The lowest BCUT2D eigenvalue weighted by Gasteiger charge is -2.07. The molecule has 96 valence electrons. The molecular weight excluding hydrogens is 243 g/mol. The molecule has 6 heteroatoms. The van der Waals surface area contributed by atoms with E-state index in [1.807, 2.05) is 6.92 Å². The van der Waals surface area contributed by atoms with Gasteiger partial charge in [0, 0.05) is 37.0 Å². The quantitative estimate of drug-likeness (QED) is 0.910. The number of aromatic nitrogens is 2. The zero-order chi connectivity index (χ0) is 13.1. The van der Waals surface area contributed by atoms with Crippen LogP contribution in [0.4, 0.5) is 18.9 Å². The van der Waals surface area contributed by atoms with Crippen molar-refractivity contribution in [1.29, 1.82) is 0 Å². The summed E-state index contributed by atoms with van der Waals surface area (Å²) in [6.07, 6.45) is 3.38. The summed E-state index contributed by atoms with van der Waals surface area (Å²) in [5.74, 6) is -2.83. The molecule has 0 spiro atoms. The SMILES string of the molecule is CCn1cc(CNc2c(F)cc(F)cc2F)cn1. The highest BCUT2D eigenvalue weighted by Crippen LogP contribution is 2.20. The van der Waals surface area contributed by atoms with Gasteiger partial charge in [-0.25, -0.2) is 13.2 Å². The van der Waals surface area contributed by atoms with Crippen LogP contribution < -0.4 is 5.32 Å². The zero-order valence-corrected chi connectivity index (χ0v) is 9.75. The Balaban J connectivity index is 2.10. The molecule has 18 heavy (non-hydrogen) atoms. The van der Waals surface area contributed by atoms with Crippen LogP contribution in [0.5, 0.6) is 0 Å². The molecule has 0 radical (unpaired) electrons. The van der Waals surface area contributed by atoms with E-state index in [-0.39, 0.29) is 12.2 Å². The van der Waals surface area contributed by atoms with Crippen molar-refractivity contribution < 1.29 is 13.2 Å². The Morgan fingerprint density at radius 2 is 1.89 bits per heavy atom. The standard InChI is InChI=1S/C12H12F3N3/c1-2-18-7-8(6-17-18)5-16-12-10(14)3-9(13)4-11(12)15/h3-4,6-7,16H,2,5H2,1H3. The molecule has 0 saturated heterocycles. The lowest BCUT2D eigenvalue weighted by atomic mass is 10.2. The fourth-order valence-electron chi connectivity index (χ4n) is 1.57. The molecule has 2 aromatic rings. The maximum Gasteiger partial charge on any atom is 0.152 e. The van der Waals surface area contributed by atoms with E-state index in [1.165, 1.54) is 0 Å². The van der Waals surface area contributed by atoms with Gasteiger partial charge in [0.05, 0.1) is 6.20 Å². The van der Waals surface area contributed by atoms with Crippen molar-refractivity contribution in [3.63, 3.8) is 0 Å². The van der Waals surface area contributed by atoms with E-state index < -0.39 is 17.5 Å². The van der Waals surface area contributed by atoms with Crippen LogP contribution in [0.1, 0.15) is 12.5 Å². The number of nitrogens with one attached hydrogen (secondary N) is 1.